The van der Waals surface area contributed by atoms with Crippen molar-refractivity contribution in [2.45, 2.75) is 13.8 Å². The van der Waals surface area contributed by atoms with Crippen molar-refractivity contribution in [3.8, 4) is 0 Å². The van der Waals surface area contributed by atoms with E-state index in [1.54, 1.807) is 14.0 Å². The number of amides is 2. The molecule has 0 aliphatic carbocycles. The fourth-order valence-electron chi connectivity index (χ4n) is 2.45. The predicted molar refractivity (Wildman–Crippen MR) is 101 cm³/mol. The van der Waals surface area contributed by atoms with Crippen molar-refractivity contribution in [3.05, 3.63) is 34.8 Å². The number of carbonyl (C=O) groups excluding carboxylic acids is 2. The van der Waals surface area contributed by atoms with E-state index in [0.717, 1.165) is 11.0 Å². The van der Waals surface area contributed by atoms with Gasteiger partial charge in [0.15, 0.2) is 5.13 Å². The summed E-state index contributed by atoms with van der Waals surface area (Å²) < 4.78 is 5.03. The van der Waals surface area contributed by atoms with Gasteiger partial charge in [0, 0.05) is 14.0 Å². The maximum Gasteiger partial charge on any atom is 0.270 e. The summed E-state index contributed by atoms with van der Waals surface area (Å²) in [4.78, 5) is 38.1. The number of carbonyl (C=O) groups is 2. The largest absolute Gasteiger partial charge is 0.383 e. The third-order valence-electron chi connectivity index (χ3n) is 3.74. The number of anilines is 2. The number of nitrogens with zero attached hydrogens (tertiary/aromatic N) is 3. The van der Waals surface area contributed by atoms with Crippen LogP contribution in [0.15, 0.2) is 24.3 Å². The lowest BCUT2D eigenvalue weighted by Crippen LogP contribution is -2.31. The molecule has 0 aliphatic rings. The van der Waals surface area contributed by atoms with Crippen LogP contribution in [0, 0.1) is 6.92 Å². The Balaban J connectivity index is 1.81. The van der Waals surface area contributed by atoms with Gasteiger partial charge < -0.3 is 9.72 Å². The number of aryl methyl sites for hydroxylation is 1. The topological polar surface area (TPSA) is 100 Å². The summed E-state index contributed by atoms with van der Waals surface area (Å²) in [5.41, 5.74) is 2.17. The quantitative estimate of drug-likeness (QED) is 0.692. The van der Waals surface area contributed by atoms with E-state index in [9.17, 15) is 9.59 Å². The Morgan fingerprint density at radius 1 is 1.31 bits per heavy atom. The Hall–Kier alpha value is -2.78. The summed E-state index contributed by atoms with van der Waals surface area (Å²) in [5, 5.41) is 3.22. The second-order valence-corrected chi connectivity index (χ2v) is 6.61. The number of ether oxygens (including phenoxy) is 1. The van der Waals surface area contributed by atoms with Gasteiger partial charge in [-0.25, -0.2) is 9.97 Å². The fraction of sp³-hybridized carbons (Fsp3) is 0.294. The van der Waals surface area contributed by atoms with Gasteiger partial charge >= 0.3 is 0 Å². The maximum absolute atomic E-state index is 12.6. The number of hydrogen-bond acceptors (Lipinski definition) is 6. The molecule has 0 fully saturated rings. The molecule has 0 spiro atoms. The van der Waals surface area contributed by atoms with E-state index in [-0.39, 0.29) is 11.8 Å². The normalized spacial score (nSPS) is 10.9. The minimum Gasteiger partial charge on any atom is -0.383 e. The van der Waals surface area contributed by atoms with E-state index in [1.165, 1.54) is 23.2 Å². The van der Waals surface area contributed by atoms with E-state index in [1.807, 2.05) is 24.3 Å². The summed E-state index contributed by atoms with van der Waals surface area (Å²) >= 11 is 1.17. The average molecular weight is 373 g/mol. The number of benzene rings is 1. The van der Waals surface area contributed by atoms with Crippen molar-refractivity contribution >= 4 is 45.3 Å². The Bertz CT molecular complexity index is 916. The van der Waals surface area contributed by atoms with Crippen molar-refractivity contribution in [3.63, 3.8) is 0 Å². The first-order valence-corrected chi connectivity index (χ1v) is 8.82. The van der Waals surface area contributed by atoms with Crippen molar-refractivity contribution in [2.24, 2.45) is 0 Å². The van der Waals surface area contributed by atoms with Crippen LogP contribution in [0.1, 0.15) is 22.3 Å². The number of aromatic nitrogens is 3. The Morgan fingerprint density at radius 3 is 2.77 bits per heavy atom. The number of methoxy groups -OCH3 is 1. The van der Waals surface area contributed by atoms with Gasteiger partial charge in [-0.1, -0.05) is 23.5 Å². The van der Waals surface area contributed by atoms with E-state index < -0.39 is 0 Å². The monoisotopic (exact) mass is 373 g/mol. The van der Waals surface area contributed by atoms with Crippen LogP contribution in [0.4, 0.5) is 11.1 Å². The van der Waals surface area contributed by atoms with Crippen LogP contribution >= 0.6 is 11.3 Å². The zero-order chi connectivity index (χ0) is 18.7. The van der Waals surface area contributed by atoms with Gasteiger partial charge in [0.05, 0.1) is 29.9 Å². The molecular weight excluding hydrogens is 354 g/mol. The van der Waals surface area contributed by atoms with Gasteiger partial charge in [0.25, 0.3) is 5.91 Å². The molecule has 0 bridgehead atoms. The minimum absolute atomic E-state index is 0.153. The summed E-state index contributed by atoms with van der Waals surface area (Å²) in [5.74, 6) is -0.103. The van der Waals surface area contributed by atoms with Crippen LogP contribution in [0.2, 0.25) is 0 Å². The number of imidazole rings is 1. The molecule has 0 saturated heterocycles. The van der Waals surface area contributed by atoms with Gasteiger partial charge in [-0.05, 0) is 19.1 Å². The Labute approximate surface area is 154 Å². The van der Waals surface area contributed by atoms with E-state index >= 15 is 0 Å². The molecule has 1 aromatic carbocycles. The van der Waals surface area contributed by atoms with Crippen LogP contribution in [0.25, 0.3) is 11.0 Å². The molecule has 0 saturated carbocycles. The molecule has 0 aliphatic heterocycles. The SMILES string of the molecule is COCCN(C(C)=O)c1nc(C)c(C(=O)Nc2nc3ccccc3[nH]2)s1. The first-order chi connectivity index (χ1) is 12.5. The molecule has 0 radical (unpaired) electrons. The molecule has 136 valence electrons. The van der Waals surface area contributed by atoms with Gasteiger partial charge in [-0.2, -0.15) is 0 Å². The van der Waals surface area contributed by atoms with E-state index in [0.29, 0.717) is 34.8 Å². The smallest absolute Gasteiger partial charge is 0.270 e. The van der Waals surface area contributed by atoms with Gasteiger partial charge in [0.1, 0.15) is 4.88 Å². The molecule has 9 heteroatoms. The highest BCUT2D eigenvalue weighted by molar-refractivity contribution is 7.17. The third-order valence-corrected chi connectivity index (χ3v) is 4.92. The maximum atomic E-state index is 12.6. The molecule has 2 heterocycles. The molecular formula is C17H19N5O3S. The van der Waals surface area contributed by atoms with Gasteiger partial charge in [-0.15, -0.1) is 0 Å². The summed E-state index contributed by atoms with van der Waals surface area (Å²) in [6.07, 6.45) is 0. The van der Waals surface area contributed by atoms with E-state index in [4.69, 9.17) is 4.74 Å². The summed E-state index contributed by atoms with van der Waals surface area (Å²) in [7, 11) is 1.57. The fourth-order valence-corrected chi connectivity index (χ4v) is 3.49. The Morgan fingerprint density at radius 2 is 2.08 bits per heavy atom. The van der Waals surface area contributed by atoms with Crippen LogP contribution in [0.3, 0.4) is 0 Å². The van der Waals surface area contributed by atoms with E-state index in [2.05, 4.69) is 20.3 Å². The molecule has 0 unspecified atom stereocenters. The molecule has 0 atom stereocenters. The number of thiazole rings is 1. The number of hydrogen-bond donors (Lipinski definition) is 2. The highest BCUT2D eigenvalue weighted by atomic mass is 32.1. The number of rotatable bonds is 6. The second-order valence-electron chi connectivity index (χ2n) is 5.63. The lowest BCUT2D eigenvalue weighted by Gasteiger charge is -2.16. The van der Waals surface area contributed by atoms with Gasteiger partial charge in [-0.3, -0.25) is 19.8 Å². The lowest BCUT2D eigenvalue weighted by atomic mass is 10.3. The van der Waals surface area contributed by atoms with Crippen molar-refractivity contribution in [2.75, 3.05) is 30.5 Å². The number of para-hydroxylation sites is 2. The predicted octanol–water partition coefficient (Wildman–Crippen LogP) is 2.58. The van der Waals surface area contributed by atoms with Crippen molar-refractivity contribution in [1.82, 2.24) is 15.0 Å². The van der Waals surface area contributed by atoms with Crippen LogP contribution in [0.5, 0.6) is 0 Å². The molecule has 2 N–H and O–H groups in total. The zero-order valence-electron chi connectivity index (χ0n) is 14.7. The molecule has 26 heavy (non-hydrogen) atoms. The number of H-pyrrole nitrogens is 1. The van der Waals surface area contributed by atoms with Crippen LogP contribution in [-0.2, 0) is 9.53 Å². The number of fused-ring (bicyclic) bond motifs is 1. The second kappa shape index (κ2) is 7.63. The minimum atomic E-state index is -0.319. The molecule has 3 aromatic rings. The van der Waals surface area contributed by atoms with Crippen LogP contribution < -0.4 is 10.2 Å². The third kappa shape index (κ3) is 3.73. The first-order valence-electron chi connectivity index (χ1n) is 8.00. The average Bonchev–Trinajstić information content (AvgIpc) is 3.17. The molecule has 2 amide bonds. The lowest BCUT2D eigenvalue weighted by molar-refractivity contribution is -0.116. The van der Waals surface area contributed by atoms with Crippen molar-refractivity contribution in [1.29, 1.82) is 0 Å². The molecule has 2 aromatic heterocycles. The van der Waals surface area contributed by atoms with Gasteiger partial charge in [0.2, 0.25) is 11.9 Å². The van der Waals surface area contributed by atoms with Crippen LogP contribution in [-0.4, -0.2) is 47.0 Å². The highest BCUT2D eigenvalue weighted by Crippen LogP contribution is 2.27. The Kier molecular flexibility index (Phi) is 5.29. The molecule has 8 nitrogen and oxygen atoms in total. The molecule has 3 rings (SSSR count). The number of aromatic amines is 1. The first kappa shape index (κ1) is 18.0. The zero-order valence-corrected chi connectivity index (χ0v) is 15.5. The van der Waals surface area contributed by atoms with Crippen molar-refractivity contribution < 1.29 is 14.3 Å². The number of nitrogens with one attached hydrogen (secondary N) is 2. The summed E-state index contributed by atoms with van der Waals surface area (Å²) in [6.45, 7) is 3.96. The standard InChI is InChI=1S/C17H19N5O3S/c1-10-14(26-17(18-10)22(11(2)23)8-9-25-3)15(24)21-16-19-12-6-4-5-7-13(12)20-16/h4-7H,8-9H2,1-3H3,(H2,19,20,21,24). The summed E-state index contributed by atoms with van der Waals surface area (Å²) in [6, 6.07) is 7.51. The highest BCUT2D eigenvalue weighted by Gasteiger charge is 2.21.